The van der Waals surface area contributed by atoms with Crippen LogP contribution in [-0.4, -0.2) is 44.1 Å². The minimum atomic E-state index is 0. The second-order valence-corrected chi connectivity index (χ2v) is 0. The first kappa shape index (κ1) is 59.8. The molecule has 0 atom stereocenters. The fourth-order valence-electron chi connectivity index (χ4n) is 0. The standard InChI is InChI=1S/2B.2Fe.2Nd.Pb.2H. The molecule has 0 unspecified atom stereocenters. The normalized spacial score (nSPS) is 0. The average molecular weight is 631 g/mol. The predicted molar refractivity (Wildman–Crippen MR) is 20.1 cm³/mol. The van der Waals surface area contributed by atoms with Crippen LogP contribution in [0.1, 0.15) is 0 Å². The van der Waals surface area contributed by atoms with E-state index in [0.717, 1.165) is 0 Å². The van der Waals surface area contributed by atoms with Crippen molar-refractivity contribution in [2.24, 2.45) is 0 Å². The van der Waals surface area contributed by atoms with Gasteiger partial charge in [-0.3, -0.25) is 0 Å². The molecule has 0 nitrogen and oxygen atoms in total. The van der Waals surface area contributed by atoms with E-state index in [4.69, 9.17) is 0 Å². The first-order valence-electron chi connectivity index (χ1n) is 0. The summed E-state index contributed by atoms with van der Waals surface area (Å²) in [6, 6.07) is 0. The number of hydrogen-bond donors (Lipinski definition) is 0. The third-order valence-electron chi connectivity index (χ3n) is 0. The van der Waals surface area contributed by atoms with Crippen molar-refractivity contribution in [1.82, 2.24) is 0 Å². The third-order valence-corrected chi connectivity index (χ3v) is 0. The maximum atomic E-state index is 0. The van der Waals surface area contributed by atoms with Crippen molar-refractivity contribution < 1.29 is 116 Å². The Morgan fingerprint density at radius 3 is 0.571 bits per heavy atom. The van der Waals surface area contributed by atoms with Crippen molar-refractivity contribution in [1.29, 1.82) is 0 Å². The molecule has 0 amide bonds. The molecule has 0 heterocycles. The second kappa shape index (κ2) is 45.1. The van der Waals surface area contributed by atoms with Gasteiger partial charge in [-0.05, 0) is 0 Å². The fraction of sp³-hybridized carbons (Fsp3) is 0. The first-order valence-corrected chi connectivity index (χ1v) is 0. The van der Waals surface area contributed by atoms with Gasteiger partial charge in [-0.2, -0.15) is 0 Å². The topological polar surface area (TPSA) is 0 Å². The zero-order valence-electron chi connectivity index (χ0n) is 3.57. The molecule has 7 heteroatoms. The van der Waals surface area contributed by atoms with Gasteiger partial charge in [-0.1, -0.05) is 0 Å². The Morgan fingerprint density at radius 1 is 0.571 bits per heavy atom. The van der Waals surface area contributed by atoms with E-state index >= 15 is 0 Å². The van der Waals surface area contributed by atoms with Crippen LogP contribution in [0.25, 0.3) is 0 Å². The van der Waals surface area contributed by atoms with Crippen molar-refractivity contribution in [3.63, 3.8) is 0 Å². The summed E-state index contributed by atoms with van der Waals surface area (Å²) in [7, 11) is 0. The monoisotopic (exact) mass is 628 g/mol. The van der Waals surface area contributed by atoms with Crippen LogP contribution in [0.3, 0.4) is 0 Å². The minimum absolute atomic E-state index is 0. The Balaban J connectivity index is 0. The summed E-state index contributed by atoms with van der Waals surface area (Å²) >= 11 is 0. The summed E-state index contributed by atoms with van der Waals surface area (Å²) in [6.07, 6.45) is 0. The van der Waals surface area contributed by atoms with Gasteiger partial charge in [0.05, 0.1) is 0 Å². The maximum absolute atomic E-state index is 0. The molecule has 0 aliphatic heterocycles. The van der Waals surface area contributed by atoms with E-state index in [-0.39, 0.29) is 160 Å². The molecule has 0 bridgehead atoms. The van der Waals surface area contributed by atoms with Crippen LogP contribution in [0.4, 0.5) is 0 Å². The molecular formula is H2B2Fe2Nd2Pb. The van der Waals surface area contributed by atoms with Gasteiger partial charge in [0, 0.05) is 133 Å². The number of hydrogen-bond acceptors (Lipinski definition) is 0. The van der Waals surface area contributed by atoms with Crippen molar-refractivity contribution in [2.75, 3.05) is 0 Å². The van der Waals surface area contributed by atoms with Crippen molar-refractivity contribution in [3.8, 4) is 0 Å². The molecular weight excluding hydrogens is 629 g/mol. The van der Waals surface area contributed by atoms with Crippen molar-refractivity contribution >= 4 is 44.1 Å². The van der Waals surface area contributed by atoms with E-state index in [2.05, 4.69) is 0 Å². The Bertz CT molecular complexity index is 13.7. The van der Waals surface area contributed by atoms with E-state index in [0.29, 0.717) is 0 Å². The summed E-state index contributed by atoms with van der Waals surface area (Å²) < 4.78 is 0. The van der Waals surface area contributed by atoms with Crippen LogP contribution in [0.15, 0.2) is 0 Å². The number of rotatable bonds is 0. The summed E-state index contributed by atoms with van der Waals surface area (Å²) in [4.78, 5) is 0. The van der Waals surface area contributed by atoms with E-state index < -0.39 is 0 Å². The van der Waals surface area contributed by atoms with Gasteiger partial charge in [0.1, 0.15) is 0 Å². The van der Waals surface area contributed by atoms with E-state index in [1.807, 2.05) is 0 Å². The fourth-order valence-corrected chi connectivity index (χ4v) is 0. The SMILES string of the molecule is [B].[B].[Fe].[Fe].[Nd].[Nd].[PbH2]. The Labute approximate surface area is 156 Å². The zero-order valence-corrected chi connectivity index (χ0v) is 17.7. The Kier molecular flexibility index (Phi) is 385. The molecule has 0 rings (SSSR count). The zero-order chi connectivity index (χ0) is 0. The Morgan fingerprint density at radius 2 is 0.571 bits per heavy atom. The summed E-state index contributed by atoms with van der Waals surface area (Å²) in [5.74, 6) is 0. The molecule has 0 spiro atoms. The molecule has 0 aliphatic carbocycles. The van der Waals surface area contributed by atoms with Gasteiger partial charge < -0.3 is 0 Å². The van der Waals surface area contributed by atoms with Crippen LogP contribution in [0, 0.1) is 81.7 Å². The average Bonchev–Trinajstić information content (AvgIpc) is 0. The molecule has 8 radical (unpaired) electrons. The molecule has 0 saturated carbocycles. The molecule has 0 aliphatic rings. The van der Waals surface area contributed by atoms with Gasteiger partial charge in [0.15, 0.2) is 0 Å². The second-order valence-electron chi connectivity index (χ2n) is 0. The van der Waals surface area contributed by atoms with Crippen LogP contribution in [-0.2, 0) is 34.1 Å². The quantitative estimate of drug-likeness (QED) is 0.281. The molecule has 0 aromatic heterocycles. The summed E-state index contributed by atoms with van der Waals surface area (Å²) in [6.45, 7) is 0. The summed E-state index contributed by atoms with van der Waals surface area (Å²) in [5.41, 5.74) is 0. The first-order chi connectivity index (χ1) is 0. The molecule has 0 saturated heterocycles. The van der Waals surface area contributed by atoms with E-state index in [1.54, 1.807) is 0 Å². The van der Waals surface area contributed by atoms with Gasteiger partial charge in [-0.25, -0.2) is 0 Å². The predicted octanol–water partition coefficient (Wildman–Crippen LogP) is -1.68. The van der Waals surface area contributed by atoms with Gasteiger partial charge >= 0.3 is 27.3 Å². The van der Waals surface area contributed by atoms with Crippen LogP contribution in [0.5, 0.6) is 0 Å². The van der Waals surface area contributed by atoms with E-state index in [9.17, 15) is 0 Å². The van der Waals surface area contributed by atoms with Crippen LogP contribution < -0.4 is 0 Å². The van der Waals surface area contributed by atoms with E-state index in [1.165, 1.54) is 0 Å². The molecule has 0 fully saturated rings. The molecule has 0 aromatic carbocycles. The molecule has 36 valence electrons. The van der Waals surface area contributed by atoms with Gasteiger partial charge in [-0.15, -0.1) is 0 Å². The van der Waals surface area contributed by atoms with Crippen molar-refractivity contribution in [3.05, 3.63) is 0 Å². The van der Waals surface area contributed by atoms with Crippen molar-refractivity contribution in [2.45, 2.75) is 0 Å². The Hall–Kier alpha value is 4.79. The molecule has 7 heavy (non-hydrogen) atoms. The van der Waals surface area contributed by atoms with Crippen LogP contribution >= 0.6 is 0 Å². The molecule has 0 N–H and O–H groups in total. The molecule has 0 aromatic rings. The van der Waals surface area contributed by atoms with Gasteiger partial charge in [0.2, 0.25) is 0 Å². The van der Waals surface area contributed by atoms with Crippen LogP contribution in [0.2, 0.25) is 0 Å². The third kappa shape index (κ3) is 36.3. The summed E-state index contributed by atoms with van der Waals surface area (Å²) in [5, 5.41) is 0. The van der Waals surface area contributed by atoms with Gasteiger partial charge in [0.25, 0.3) is 0 Å².